The third-order valence-corrected chi connectivity index (χ3v) is 6.01. The number of rotatable bonds is 2. The molecule has 5 heteroatoms. The molecule has 1 unspecified atom stereocenters. The van der Waals surface area contributed by atoms with Gasteiger partial charge in [-0.15, -0.1) is 0 Å². The second kappa shape index (κ2) is 5.67. The Bertz CT molecular complexity index is 1050. The van der Waals surface area contributed by atoms with E-state index in [2.05, 4.69) is 62.0 Å². The summed E-state index contributed by atoms with van der Waals surface area (Å²) in [6.45, 7) is 3.49. The Morgan fingerprint density at radius 2 is 1.96 bits per heavy atom. The first kappa shape index (κ1) is 16.5. The van der Waals surface area contributed by atoms with Crippen LogP contribution in [0, 0.1) is 6.92 Å². The summed E-state index contributed by atoms with van der Waals surface area (Å²) in [6, 6.07) is 13.0. The minimum absolute atomic E-state index is 0.109. The molecule has 0 N–H and O–H groups in total. The first-order chi connectivity index (χ1) is 13.0. The highest BCUT2D eigenvalue weighted by atomic mass is 16.7. The molecule has 2 aromatic carbocycles. The van der Waals surface area contributed by atoms with Gasteiger partial charge in [-0.05, 0) is 30.7 Å². The molecule has 5 nitrogen and oxygen atoms in total. The van der Waals surface area contributed by atoms with Crippen molar-refractivity contribution < 1.29 is 18.7 Å². The highest BCUT2D eigenvalue weighted by Gasteiger charge is 2.43. The molecule has 0 fully saturated rings. The van der Waals surface area contributed by atoms with E-state index in [1.54, 1.807) is 7.11 Å². The summed E-state index contributed by atoms with van der Waals surface area (Å²) in [5.74, 6) is 2.34. The Morgan fingerprint density at radius 1 is 1.15 bits per heavy atom. The number of benzene rings is 2. The van der Waals surface area contributed by atoms with E-state index in [-0.39, 0.29) is 13.0 Å². The minimum atomic E-state index is 0.109. The van der Waals surface area contributed by atoms with Crippen LogP contribution in [-0.2, 0) is 6.42 Å². The molecule has 0 aliphatic carbocycles. The second-order valence-electron chi connectivity index (χ2n) is 8.06. The van der Waals surface area contributed by atoms with E-state index in [1.165, 1.54) is 27.7 Å². The van der Waals surface area contributed by atoms with Crippen molar-refractivity contribution in [3.63, 3.8) is 0 Å². The molecule has 1 atom stereocenters. The smallest absolute Gasteiger partial charge is 0.231 e. The van der Waals surface area contributed by atoms with Crippen LogP contribution in [0.15, 0.2) is 36.4 Å². The number of nitrogens with zero attached hydrogens (tertiary/aromatic N) is 2. The van der Waals surface area contributed by atoms with E-state index >= 15 is 0 Å². The summed E-state index contributed by atoms with van der Waals surface area (Å²) in [7, 11) is 6.32. The van der Waals surface area contributed by atoms with Gasteiger partial charge in [-0.2, -0.15) is 0 Å². The lowest BCUT2D eigenvalue weighted by Crippen LogP contribution is -2.51. The van der Waals surface area contributed by atoms with Crippen molar-refractivity contribution in [2.24, 2.45) is 0 Å². The van der Waals surface area contributed by atoms with Gasteiger partial charge in [0.25, 0.3) is 0 Å². The molecule has 0 spiro atoms. The van der Waals surface area contributed by atoms with Crippen LogP contribution >= 0.6 is 0 Å². The highest BCUT2D eigenvalue weighted by Crippen LogP contribution is 2.51. The SMILES string of the molecule is COc1c2c(cc3c1C(n1c(C)cc4ccccc41)[N+](C)(C)CC3)OCO2. The van der Waals surface area contributed by atoms with Gasteiger partial charge in [-0.25, -0.2) is 0 Å². The van der Waals surface area contributed by atoms with Gasteiger partial charge >= 0.3 is 0 Å². The zero-order chi connectivity index (χ0) is 18.8. The molecule has 0 amide bonds. The van der Waals surface area contributed by atoms with Gasteiger partial charge in [-0.3, -0.25) is 4.57 Å². The van der Waals surface area contributed by atoms with Crippen molar-refractivity contribution >= 4 is 10.9 Å². The third kappa shape index (κ3) is 2.28. The Kier molecular flexibility index (Phi) is 3.46. The summed E-state index contributed by atoms with van der Waals surface area (Å²) >= 11 is 0. The fourth-order valence-electron chi connectivity index (χ4n) is 4.73. The van der Waals surface area contributed by atoms with Crippen LogP contribution in [0.25, 0.3) is 10.9 Å². The predicted octanol–water partition coefficient (Wildman–Crippen LogP) is 3.87. The molecule has 0 radical (unpaired) electrons. The first-order valence-electron chi connectivity index (χ1n) is 9.40. The molecule has 0 bridgehead atoms. The zero-order valence-electron chi connectivity index (χ0n) is 16.3. The molecule has 0 saturated carbocycles. The Labute approximate surface area is 159 Å². The maximum atomic E-state index is 5.90. The van der Waals surface area contributed by atoms with Crippen LogP contribution < -0.4 is 14.2 Å². The van der Waals surface area contributed by atoms with E-state index < -0.39 is 0 Å². The molecule has 2 aliphatic rings. The van der Waals surface area contributed by atoms with Crippen LogP contribution in [0.3, 0.4) is 0 Å². The van der Waals surface area contributed by atoms with Gasteiger partial charge < -0.3 is 18.7 Å². The number of para-hydroxylation sites is 1. The number of hydrogen-bond acceptors (Lipinski definition) is 3. The van der Waals surface area contributed by atoms with E-state index in [1.807, 2.05) is 0 Å². The molecule has 140 valence electrons. The monoisotopic (exact) mass is 365 g/mol. The molecular formula is C22H25N2O3+. The Balaban J connectivity index is 1.84. The summed E-state index contributed by atoms with van der Waals surface area (Å²) in [4.78, 5) is 0. The quantitative estimate of drug-likeness (QED) is 0.647. The van der Waals surface area contributed by atoms with Gasteiger partial charge in [-0.1, -0.05) is 18.2 Å². The van der Waals surface area contributed by atoms with Crippen molar-refractivity contribution in [1.29, 1.82) is 0 Å². The maximum absolute atomic E-state index is 5.90. The number of quaternary nitrogens is 1. The van der Waals surface area contributed by atoms with Crippen LogP contribution in [0.1, 0.15) is 23.0 Å². The third-order valence-electron chi connectivity index (χ3n) is 6.01. The summed E-state index contributed by atoms with van der Waals surface area (Å²) in [5, 5.41) is 1.27. The van der Waals surface area contributed by atoms with Crippen molar-refractivity contribution in [1.82, 2.24) is 4.57 Å². The lowest BCUT2D eigenvalue weighted by Gasteiger charge is -2.44. The van der Waals surface area contributed by atoms with Crippen molar-refractivity contribution in [2.75, 3.05) is 34.5 Å². The van der Waals surface area contributed by atoms with E-state index in [9.17, 15) is 0 Å². The minimum Gasteiger partial charge on any atom is -0.492 e. The van der Waals surface area contributed by atoms with Crippen molar-refractivity contribution in [3.8, 4) is 17.2 Å². The number of ether oxygens (including phenoxy) is 3. The van der Waals surface area contributed by atoms with Gasteiger partial charge in [0.05, 0.1) is 38.8 Å². The second-order valence-corrected chi connectivity index (χ2v) is 8.06. The topological polar surface area (TPSA) is 32.6 Å². The van der Waals surface area contributed by atoms with Crippen LogP contribution in [0.4, 0.5) is 0 Å². The van der Waals surface area contributed by atoms with Gasteiger partial charge in [0.2, 0.25) is 12.5 Å². The van der Waals surface area contributed by atoms with Crippen LogP contribution in [-0.4, -0.2) is 43.6 Å². The molecule has 1 aromatic heterocycles. The molecule has 2 aliphatic heterocycles. The summed E-state index contributed by atoms with van der Waals surface area (Å²) in [5.41, 5.74) is 5.00. The average molecular weight is 365 g/mol. The number of fused-ring (bicyclic) bond motifs is 3. The molecule has 0 saturated heterocycles. The lowest BCUT2D eigenvalue weighted by atomic mass is 9.93. The summed E-state index contributed by atoms with van der Waals surface area (Å²) < 4.78 is 20.6. The highest BCUT2D eigenvalue weighted by molar-refractivity contribution is 5.81. The van der Waals surface area contributed by atoms with Gasteiger partial charge in [0, 0.05) is 17.5 Å². The lowest BCUT2D eigenvalue weighted by molar-refractivity contribution is -0.926. The fraction of sp³-hybridized carbons (Fsp3) is 0.364. The van der Waals surface area contributed by atoms with Crippen molar-refractivity contribution in [3.05, 3.63) is 53.2 Å². The normalized spacial score (nSPS) is 19.9. The fourth-order valence-corrected chi connectivity index (χ4v) is 4.73. The summed E-state index contributed by atoms with van der Waals surface area (Å²) in [6.07, 6.45) is 1.10. The molecular weight excluding hydrogens is 340 g/mol. The number of aromatic nitrogens is 1. The Hall–Kier alpha value is -2.66. The van der Waals surface area contributed by atoms with Crippen LogP contribution in [0.5, 0.6) is 17.2 Å². The van der Waals surface area contributed by atoms with Gasteiger partial charge in [0.15, 0.2) is 17.7 Å². The Morgan fingerprint density at radius 3 is 2.78 bits per heavy atom. The molecule has 3 aromatic rings. The standard InChI is InChI=1S/C22H25N2O3/c1-14-11-15-7-5-6-8-17(15)23(14)22-19-16(9-10-24(22,2)3)12-18-20(21(19)25-4)27-13-26-18/h5-8,11-12,22H,9-10,13H2,1-4H3/q+1. The molecule has 27 heavy (non-hydrogen) atoms. The van der Waals surface area contributed by atoms with E-state index in [4.69, 9.17) is 14.2 Å². The largest absolute Gasteiger partial charge is 0.492 e. The molecule has 5 rings (SSSR count). The van der Waals surface area contributed by atoms with Crippen LogP contribution in [0.2, 0.25) is 0 Å². The number of hydrogen-bond donors (Lipinski definition) is 0. The number of aryl methyl sites for hydroxylation is 1. The van der Waals surface area contributed by atoms with E-state index in [0.717, 1.165) is 34.7 Å². The zero-order valence-corrected chi connectivity index (χ0v) is 16.3. The maximum Gasteiger partial charge on any atom is 0.231 e. The average Bonchev–Trinajstić information content (AvgIpc) is 3.23. The molecule has 3 heterocycles. The van der Waals surface area contributed by atoms with E-state index in [0.29, 0.717) is 0 Å². The van der Waals surface area contributed by atoms with Crippen molar-refractivity contribution in [2.45, 2.75) is 19.5 Å². The number of likely N-dealkylation sites (N-methyl/N-ethyl adjacent to an activating group) is 1. The number of methoxy groups -OCH3 is 1. The predicted molar refractivity (Wildman–Crippen MR) is 105 cm³/mol. The van der Waals surface area contributed by atoms with Gasteiger partial charge in [0.1, 0.15) is 0 Å². The first-order valence-corrected chi connectivity index (χ1v) is 9.40.